The molecule has 0 bridgehead atoms. The third-order valence-corrected chi connectivity index (χ3v) is 6.29. The molecule has 0 saturated carbocycles. The molecule has 1 N–H and O–H groups in total. The Morgan fingerprint density at radius 3 is 2.81 bits per heavy atom. The fourth-order valence-electron chi connectivity index (χ4n) is 3.38. The molecule has 1 aromatic heterocycles. The molecule has 3 heterocycles. The van der Waals surface area contributed by atoms with Crippen LogP contribution in [0.15, 0.2) is 42.6 Å². The predicted octanol–water partition coefficient (Wildman–Crippen LogP) is 3.41. The molecule has 6 nitrogen and oxygen atoms in total. The third-order valence-electron chi connectivity index (χ3n) is 4.79. The van der Waals surface area contributed by atoms with Crippen LogP contribution in [-0.2, 0) is 9.59 Å². The molecule has 0 unspecified atom stereocenters. The number of nitrogens with one attached hydrogen (secondary N) is 1. The van der Waals surface area contributed by atoms with E-state index in [1.54, 1.807) is 28.8 Å². The monoisotopic (exact) mass is 387 g/mol. The molecule has 27 heavy (non-hydrogen) atoms. The van der Waals surface area contributed by atoms with Crippen LogP contribution in [0.1, 0.15) is 19.8 Å². The minimum Gasteiger partial charge on any atom is -0.439 e. The van der Waals surface area contributed by atoms with Crippen molar-refractivity contribution in [2.45, 2.75) is 30.7 Å². The third kappa shape index (κ3) is 3.49. The van der Waals surface area contributed by atoms with Gasteiger partial charge in [-0.15, -0.1) is 11.8 Å². The van der Waals surface area contributed by atoms with Crippen LogP contribution in [0, 0.1) is 5.82 Å². The van der Waals surface area contributed by atoms with Crippen LogP contribution in [0.4, 0.5) is 10.1 Å². The summed E-state index contributed by atoms with van der Waals surface area (Å²) in [5, 5.41) is 2.82. The van der Waals surface area contributed by atoms with E-state index in [1.165, 1.54) is 30.5 Å². The average molecular weight is 387 g/mol. The lowest BCUT2D eigenvalue weighted by Crippen LogP contribution is -2.48. The molecule has 2 aromatic rings. The first-order valence-electron chi connectivity index (χ1n) is 8.61. The summed E-state index contributed by atoms with van der Waals surface area (Å²) in [5.41, 5.74) is 0.525. The fourth-order valence-corrected chi connectivity index (χ4v) is 4.81. The summed E-state index contributed by atoms with van der Waals surface area (Å²) in [7, 11) is 0. The van der Waals surface area contributed by atoms with E-state index in [2.05, 4.69) is 10.3 Å². The van der Waals surface area contributed by atoms with Crippen molar-refractivity contribution in [3.05, 3.63) is 48.4 Å². The summed E-state index contributed by atoms with van der Waals surface area (Å²) in [4.78, 5) is 30.4. The normalized spacial score (nSPS) is 24.0. The number of hydrogen-bond acceptors (Lipinski definition) is 5. The van der Waals surface area contributed by atoms with Crippen LogP contribution in [0.2, 0.25) is 0 Å². The smallest absolute Gasteiger partial charge is 0.248 e. The van der Waals surface area contributed by atoms with Gasteiger partial charge in [-0.25, -0.2) is 9.37 Å². The van der Waals surface area contributed by atoms with Crippen molar-refractivity contribution in [2.24, 2.45) is 0 Å². The zero-order chi connectivity index (χ0) is 19.0. The maximum Gasteiger partial charge on any atom is 0.248 e. The summed E-state index contributed by atoms with van der Waals surface area (Å²) in [5.74, 6) is 0.868. The van der Waals surface area contributed by atoms with E-state index < -0.39 is 6.04 Å². The van der Waals surface area contributed by atoms with Crippen molar-refractivity contribution in [3.63, 3.8) is 0 Å². The Bertz CT molecular complexity index is 875. The molecule has 2 saturated heterocycles. The van der Waals surface area contributed by atoms with Gasteiger partial charge >= 0.3 is 0 Å². The van der Waals surface area contributed by atoms with Gasteiger partial charge in [0, 0.05) is 18.2 Å². The maximum atomic E-state index is 12.9. The molecule has 2 atom stereocenters. The minimum atomic E-state index is -0.467. The number of rotatable bonds is 4. The van der Waals surface area contributed by atoms with E-state index in [0.29, 0.717) is 29.5 Å². The highest BCUT2D eigenvalue weighted by Gasteiger charge is 2.52. The molecule has 2 aliphatic rings. The lowest BCUT2D eigenvalue weighted by atomic mass is 10.2. The molecule has 140 valence electrons. The van der Waals surface area contributed by atoms with Crippen LogP contribution >= 0.6 is 11.8 Å². The van der Waals surface area contributed by atoms with Crippen LogP contribution < -0.4 is 10.1 Å². The zero-order valence-corrected chi connectivity index (χ0v) is 15.5. The number of aromatic nitrogens is 1. The SMILES string of the molecule is C[C@@]12CCC(=O)N1[C@H](C(=O)Nc1ccc(Oc3ccc(F)cc3)nc1)CS2. The number of ether oxygens (including phenoxy) is 1. The van der Waals surface area contributed by atoms with Gasteiger partial charge in [0.05, 0.1) is 16.8 Å². The number of carbonyl (C=O) groups is 2. The average Bonchev–Trinajstić information content (AvgIpc) is 3.15. The van der Waals surface area contributed by atoms with E-state index >= 15 is 0 Å². The van der Waals surface area contributed by atoms with Gasteiger partial charge in [0.1, 0.15) is 17.6 Å². The second kappa shape index (κ2) is 6.84. The number of halogens is 1. The number of hydrogen-bond donors (Lipinski definition) is 1. The molecule has 0 spiro atoms. The number of anilines is 1. The molecule has 1 aromatic carbocycles. The highest BCUT2D eigenvalue weighted by atomic mass is 32.2. The second-order valence-electron chi connectivity index (χ2n) is 6.70. The highest BCUT2D eigenvalue weighted by Crippen LogP contribution is 2.47. The van der Waals surface area contributed by atoms with Crippen LogP contribution in [0.5, 0.6) is 11.6 Å². The number of benzene rings is 1. The molecule has 4 rings (SSSR count). The first-order chi connectivity index (χ1) is 12.9. The number of pyridine rings is 1. The predicted molar refractivity (Wildman–Crippen MR) is 100 cm³/mol. The summed E-state index contributed by atoms with van der Waals surface area (Å²) < 4.78 is 18.5. The molecule has 0 radical (unpaired) electrons. The summed E-state index contributed by atoms with van der Waals surface area (Å²) in [6.07, 6.45) is 2.76. The Morgan fingerprint density at radius 1 is 1.33 bits per heavy atom. The Labute approximate surface area is 160 Å². The van der Waals surface area contributed by atoms with Gasteiger partial charge in [-0.3, -0.25) is 9.59 Å². The Morgan fingerprint density at radius 2 is 2.11 bits per heavy atom. The van der Waals surface area contributed by atoms with Crippen molar-refractivity contribution >= 4 is 29.3 Å². The minimum absolute atomic E-state index is 0.0313. The van der Waals surface area contributed by atoms with Gasteiger partial charge < -0.3 is 15.0 Å². The van der Waals surface area contributed by atoms with Crippen molar-refractivity contribution < 1.29 is 18.7 Å². The Kier molecular flexibility index (Phi) is 4.51. The van der Waals surface area contributed by atoms with E-state index in [4.69, 9.17) is 4.74 Å². The molecule has 2 aliphatic heterocycles. The second-order valence-corrected chi connectivity index (χ2v) is 8.20. The number of nitrogens with zero attached hydrogens (tertiary/aromatic N) is 2. The number of amides is 2. The van der Waals surface area contributed by atoms with E-state index in [-0.39, 0.29) is 22.5 Å². The molecular weight excluding hydrogens is 369 g/mol. The van der Waals surface area contributed by atoms with Gasteiger partial charge in [0.25, 0.3) is 0 Å². The summed E-state index contributed by atoms with van der Waals surface area (Å²) >= 11 is 1.65. The lowest BCUT2D eigenvalue weighted by Gasteiger charge is -2.29. The quantitative estimate of drug-likeness (QED) is 0.871. The number of thioether (sulfide) groups is 1. The van der Waals surface area contributed by atoms with E-state index in [9.17, 15) is 14.0 Å². The standard InChI is InChI=1S/C19H18FN3O3S/c1-19-9-8-17(24)23(19)15(11-27-19)18(25)22-13-4-7-16(21-10-13)26-14-5-2-12(20)3-6-14/h2-7,10,15H,8-9,11H2,1H3,(H,22,25)/t15-,19+/m0/s1. The van der Waals surface area contributed by atoms with Crippen molar-refractivity contribution in [1.29, 1.82) is 0 Å². The maximum absolute atomic E-state index is 12.9. The van der Waals surface area contributed by atoms with E-state index in [1.807, 2.05) is 6.92 Å². The van der Waals surface area contributed by atoms with Crippen molar-refractivity contribution in [2.75, 3.05) is 11.1 Å². The zero-order valence-electron chi connectivity index (χ0n) is 14.6. The first kappa shape index (κ1) is 17.8. The molecule has 2 amide bonds. The van der Waals surface area contributed by atoms with Gasteiger partial charge in [0.15, 0.2) is 0 Å². The Hall–Kier alpha value is -2.61. The molecular formula is C19H18FN3O3S. The number of fused-ring (bicyclic) bond motifs is 1. The summed E-state index contributed by atoms with van der Waals surface area (Å²) in [6, 6.07) is 8.45. The van der Waals surface area contributed by atoms with Crippen LogP contribution in [-0.4, -0.2) is 38.4 Å². The number of carbonyl (C=O) groups excluding carboxylic acids is 2. The molecule has 2 fully saturated rings. The van der Waals surface area contributed by atoms with Gasteiger partial charge in [-0.2, -0.15) is 0 Å². The molecule has 0 aliphatic carbocycles. The first-order valence-corrected chi connectivity index (χ1v) is 9.60. The van der Waals surface area contributed by atoms with Gasteiger partial charge in [0.2, 0.25) is 17.7 Å². The van der Waals surface area contributed by atoms with Crippen molar-refractivity contribution in [3.8, 4) is 11.6 Å². The fraction of sp³-hybridized carbons (Fsp3) is 0.316. The van der Waals surface area contributed by atoms with Crippen LogP contribution in [0.25, 0.3) is 0 Å². The largest absolute Gasteiger partial charge is 0.439 e. The van der Waals surface area contributed by atoms with Crippen LogP contribution in [0.3, 0.4) is 0 Å². The topological polar surface area (TPSA) is 71.5 Å². The highest BCUT2D eigenvalue weighted by molar-refractivity contribution is 8.01. The van der Waals surface area contributed by atoms with Gasteiger partial charge in [-0.05, 0) is 43.7 Å². The van der Waals surface area contributed by atoms with Crippen molar-refractivity contribution in [1.82, 2.24) is 9.88 Å². The Balaban J connectivity index is 1.40. The molecule has 8 heteroatoms. The van der Waals surface area contributed by atoms with Gasteiger partial charge in [-0.1, -0.05) is 0 Å². The summed E-state index contributed by atoms with van der Waals surface area (Å²) in [6.45, 7) is 2.01. The lowest BCUT2D eigenvalue weighted by molar-refractivity contribution is -0.135. The van der Waals surface area contributed by atoms with E-state index in [0.717, 1.165) is 6.42 Å².